The molecule has 0 spiro atoms. The van der Waals surface area contributed by atoms with E-state index in [1.165, 1.54) is 12.2 Å². The Balaban J connectivity index is 1.92. The van der Waals surface area contributed by atoms with Crippen molar-refractivity contribution in [1.29, 1.82) is 0 Å². The van der Waals surface area contributed by atoms with E-state index in [1.54, 1.807) is 38.1 Å². The van der Waals surface area contributed by atoms with Crippen molar-refractivity contribution < 1.29 is 28.8 Å². The summed E-state index contributed by atoms with van der Waals surface area (Å²) in [5, 5.41) is 10.7. The zero-order valence-electron chi connectivity index (χ0n) is 23.0. The molecule has 0 unspecified atom stereocenters. The van der Waals surface area contributed by atoms with Gasteiger partial charge in [0.1, 0.15) is 12.1 Å². The van der Waals surface area contributed by atoms with Gasteiger partial charge in [0, 0.05) is 37.3 Å². The fourth-order valence-corrected chi connectivity index (χ4v) is 4.03. The van der Waals surface area contributed by atoms with Crippen molar-refractivity contribution in [3.8, 4) is 0 Å². The Bertz CT molecular complexity index is 1080. The summed E-state index contributed by atoms with van der Waals surface area (Å²) in [6, 6.07) is 4.45. The van der Waals surface area contributed by atoms with Crippen molar-refractivity contribution in [2.45, 2.75) is 64.5 Å². The van der Waals surface area contributed by atoms with Crippen LogP contribution in [0.25, 0.3) is 0 Å². The zero-order valence-corrected chi connectivity index (χ0v) is 23.0. The lowest BCUT2D eigenvalue weighted by Gasteiger charge is -2.25. The maximum absolute atomic E-state index is 13.2. The molecule has 0 aromatic heterocycles. The van der Waals surface area contributed by atoms with Crippen molar-refractivity contribution in [3.63, 3.8) is 0 Å². The lowest BCUT2D eigenvalue weighted by molar-refractivity contribution is -0.137. The zero-order chi connectivity index (χ0) is 29.7. The van der Waals surface area contributed by atoms with Crippen LogP contribution in [0.1, 0.15) is 57.9 Å². The molecule has 1 aliphatic rings. The molecule has 7 amide bonds. The van der Waals surface area contributed by atoms with Gasteiger partial charge in [-0.15, -0.1) is 0 Å². The maximum Gasteiger partial charge on any atom is 0.312 e. The fraction of sp³-hybridized carbons (Fsp3) is 0.464. The lowest BCUT2D eigenvalue weighted by atomic mass is 10.0. The topological polar surface area (TPSA) is 180 Å². The van der Waals surface area contributed by atoms with Gasteiger partial charge >= 0.3 is 6.03 Å². The third-order valence-electron chi connectivity index (χ3n) is 6.27. The molecule has 12 heteroatoms. The number of nitrogens with two attached hydrogens (primary N) is 1. The Morgan fingerprint density at radius 3 is 2.15 bits per heavy atom. The van der Waals surface area contributed by atoms with Gasteiger partial charge in [-0.25, -0.2) is 4.79 Å². The number of nitrogens with zero attached hydrogens (tertiary/aromatic N) is 1. The number of imide groups is 1. The van der Waals surface area contributed by atoms with E-state index in [4.69, 9.17) is 5.73 Å². The van der Waals surface area contributed by atoms with E-state index in [-0.39, 0.29) is 49.6 Å². The van der Waals surface area contributed by atoms with E-state index in [2.05, 4.69) is 28.2 Å². The van der Waals surface area contributed by atoms with Crippen LogP contribution in [0.15, 0.2) is 36.4 Å². The SMILES string of the molecule is [CH2]c1ccc(NC(=O)[C@@H](NC(=O)[C@H](CCCNC(N)=O)NC(=O)CCCCCN2C(=O)C=CC2=O)C(C)C)cc1. The van der Waals surface area contributed by atoms with Crippen molar-refractivity contribution >= 4 is 41.3 Å². The number of primary amides is 1. The monoisotopic (exact) mass is 555 g/mol. The molecule has 1 radical (unpaired) electrons. The normalized spacial score (nSPS) is 14.2. The summed E-state index contributed by atoms with van der Waals surface area (Å²) in [5.41, 5.74) is 6.46. The lowest BCUT2D eigenvalue weighted by Crippen LogP contribution is -2.54. The summed E-state index contributed by atoms with van der Waals surface area (Å²) in [4.78, 5) is 74.2. The molecule has 217 valence electrons. The number of hydrogen-bond donors (Lipinski definition) is 5. The molecule has 1 aliphatic heterocycles. The summed E-state index contributed by atoms with van der Waals surface area (Å²) in [6.07, 6.45) is 4.83. The summed E-state index contributed by atoms with van der Waals surface area (Å²) in [6.45, 7) is 7.91. The van der Waals surface area contributed by atoms with Crippen molar-refractivity contribution in [1.82, 2.24) is 20.9 Å². The Morgan fingerprint density at radius 2 is 1.55 bits per heavy atom. The number of benzene rings is 1. The number of nitrogens with one attached hydrogen (secondary N) is 4. The van der Waals surface area contributed by atoms with Gasteiger partial charge in [0.2, 0.25) is 17.7 Å². The number of anilines is 1. The first-order chi connectivity index (χ1) is 19.0. The Kier molecular flexibility index (Phi) is 12.8. The van der Waals surface area contributed by atoms with Gasteiger partial charge in [0.25, 0.3) is 11.8 Å². The van der Waals surface area contributed by atoms with E-state index < -0.39 is 29.9 Å². The van der Waals surface area contributed by atoms with Gasteiger partial charge < -0.3 is 27.0 Å². The Morgan fingerprint density at radius 1 is 0.900 bits per heavy atom. The molecule has 2 atom stereocenters. The number of urea groups is 1. The van der Waals surface area contributed by atoms with E-state index in [9.17, 15) is 28.8 Å². The van der Waals surface area contributed by atoms with Gasteiger partial charge in [-0.05, 0) is 56.2 Å². The second-order valence-electron chi connectivity index (χ2n) is 9.94. The van der Waals surface area contributed by atoms with Crippen LogP contribution < -0.4 is 27.0 Å². The number of rotatable bonds is 16. The number of unbranched alkanes of at least 4 members (excludes halogenated alkanes) is 2. The summed E-state index contributed by atoms with van der Waals surface area (Å²) in [7, 11) is 0. The first kappa shape index (κ1) is 32.0. The predicted molar refractivity (Wildman–Crippen MR) is 149 cm³/mol. The molecule has 1 aromatic carbocycles. The minimum Gasteiger partial charge on any atom is -0.352 e. The van der Waals surface area contributed by atoms with Crippen LogP contribution in [-0.2, 0) is 24.0 Å². The summed E-state index contributed by atoms with van der Waals surface area (Å²) >= 11 is 0. The minimum atomic E-state index is -0.937. The highest BCUT2D eigenvalue weighted by Crippen LogP contribution is 2.12. The van der Waals surface area contributed by atoms with Crippen LogP contribution in [0, 0.1) is 12.8 Å². The minimum absolute atomic E-state index is 0.139. The summed E-state index contributed by atoms with van der Waals surface area (Å²) in [5.74, 6) is -2.19. The fourth-order valence-electron chi connectivity index (χ4n) is 4.03. The maximum atomic E-state index is 13.2. The standard InChI is InChI=1S/C28H39N6O6/c1-18(2)25(27(39)31-20-12-10-19(3)11-13-20)33-26(38)21(8-7-16-30-28(29)40)32-22(35)9-5-4-6-17-34-23(36)14-15-24(34)37/h10-15,18,21,25H,3-9,16-17H2,1-2H3,(H,31,39)(H,32,35)(H,33,38)(H3,29,30,40)/t21-,25-/m0/s1. The third-order valence-corrected chi connectivity index (χ3v) is 6.27. The second kappa shape index (κ2) is 16.0. The summed E-state index contributed by atoms with van der Waals surface area (Å²) < 4.78 is 0. The van der Waals surface area contributed by atoms with E-state index in [1.807, 2.05) is 0 Å². The largest absolute Gasteiger partial charge is 0.352 e. The highest BCUT2D eigenvalue weighted by Gasteiger charge is 2.29. The molecular formula is C28H39N6O6. The molecule has 12 nitrogen and oxygen atoms in total. The average molecular weight is 556 g/mol. The molecule has 6 N–H and O–H groups in total. The van der Waals surface area contributed by atoms with Gasteiger partial charge in [0.15, 0.2) is 0 Å². The molecule has 0 bridgehead atoms. The number of carbonyl (C=O) groups is 6. The van der Waals surface area contributed by atoms with Gasteiger partial charge in [-0.3, -0.25) is 28.9 Å². The van der Waals surface area contributed by atoms with Crippen molar-refractivity contribution in [2.75, 3.05) is 18.4 Å². The van der Waals surface area contributed by atoms with Crippen LogP contribution in [0.3, 0.4) is 0 Å². The highest BCUT2D eigenvalue weighted by atomic mass is 16.2. The molecule has 0 saturated carbocycles. The van der Waals surface area contributed by atoms with Crippen LogP contribution in [-0.4, -0.2) is 65.6 Å². The van der Waals surface area contributed by atoms with E-state index in [0.29, 0.717) is 31.4 Å². The first-order valence-electron chi connectivity index (χ1n) is 13.4. The molecule has 0 aliphatic carbocycles. The molecule has 1 heterocycles. The molecule has 1 aromatic rings. The smallest absolute Gasteiger partial charge is 0.312 e. The number of hydrogen-bond acceptors (Lipinski definition) is 6. The van der Waals surface area contributed by atoms with Crippen LogP contribution in [0.5, 0.6) is 0 Å². The molecule has 0 fully saturated rings. The molecule has 0 saturated heterocycles. The Labute approximate surface area is 234 Å². The molecular weight excluding hydrogens is 516 g/mol. The van der Waals surface area contributed by atoms with E-state index >= 15 is 0 Å². The van der Waals surface area contributed by atoms with Crippen molar-refractivity contribution in [3.05, 3.63) is 48.9 Å². The third kappa shape index (κ3) is 10.9. The average Bonchev–Trinajstić information content (AvgIpc) is 3.21. The second-order valence-corrected chi connectivity index (χ2v) is 9.94. The van der Waals surface area contributed by atoms with E-state index in [0.717, 1.165) is 10.5 Å². The van der Waals surface area contributed by atoms with Gasteiger partial charge in [-0.1, -0.05) is 32.4 Å². The molecule has 2 rings (SSSR count). The van der Waals surface area contributed by atoms with Crippen molar-refractivity contribution in [2.24, 2.45) is 11.7 Å². The predicted octanol–water partition coefficient (Wildman–Crippen LogP) is 1.37. The van der Waals surface area contributed by atoms with Crippen LogP contribution in [0.4, 0.5) is 10.5 Å². The van der Waals surface area contributed by atoms with Crippen LogP contribution >= 0.6 is 0 Å². The number of carbonyl (C=O) groups excluding carboxylic acids is 6. The number of amides is 7. The van der Waals surface area contributed by atoms with Gasteiger partial charge in [0.05, 0.1) is 0 Å². The Hall–Kier alpha value is -4.22. The quantitative estimate of drug-likeness (QED) is 0.152. The van der Waals surface area contributed by atoms with Gasteiger partial charge in [-0.2, -0.15) is 0 Å². The van der Waals surface area contributed by atoms with Crippen LogP contribution in [0.2, 0.25) is 0 Å². The first-order valence-corrected chi connectivity index (χ1v) is 13.4. The molecule has 40 heavy (non-hydrogen) atoms. The highest BCUT2D eigenvalue weighted by molar-refractivity contribution is 6.12.